The van der Waals surface area contributed by atoms with Gasteiger partial charge in [-0.15, -0.1) is 5.10 Å². The van der Waals surface area contributed by atoms with Gasteiger partial charge in [-0.1, -0.05) is 5.21 Å². The second kappa shape index (κ2) is 2.81. The van der Waals surface area contributed by atoms with E-state index >= 15 is 0 Å². The van der Waals surface area contributed by atoms with Crippen molar-refractivity contribution in [3.63, 3.8) is 0 Å². The Labute approximate surface area is 72.8 Å². The van der Waals surface area contributed by atoms with Crippen molar-refractivity contribution in [3.05, 3.63) is 18.3 Å². The van der Waals surface area contributed by atoms with E-state index in [4.69, 9.17) is 5.11 Å². The minimum atomic E-state index is -0.948. The first-order valence-corrected chi connectivity index (χ1v) is 3.63. The number of fused-ring (bicyclic) bond motifs is 1. The third-order valence-corrected chi connectivity index (χ3v) is 1.58. The molecule has 2 aromatic heterocycles. The summed E-state index contributed by atoms with van der Waals surface area (Å²) in [6.07, 6.45) is 1.59. The van der Waals surface area contributed by atoms with E-state index in [9.17, 15) is 4.79 Å². The molecule has 0 aromatic carbocycles. The zero-order valence-corrected chi connectivity index (χ0v) is 6.58. The van der Waals surface area contributed by atoms with Gasteiger partial charge in [0.2, 0.25) is 5.65 Å². The van der Waals surface area contributed by atoms with Crippen LogP contribution >= 0.6 is 0 Å². The van der Waals surface area contributed by atoms with Crippen LogP contribution in [0.1, 0.15) is 0 Å². The first-order chi connectivity index (χ1) is 6.27. The SMILES string of the molecule is O=C(O)Cn1nnc2ncccc21. The Morgan fingerprint density at radius 3 is 3.23 bits per heavy atom. The highest BCUT2D eigenvalue weighted by Crippen LogP contribution is 2.05. The van der Waals surface area contributed by atoms with Gasteiger partial charge in [-0.05, 0) is 12.1 Å². The molecule has 2 heterocycles. The van der Waals surface area contributed by atoms with E-state index in [1.165, 1.54) is 4.68 Å². The Morgan fingerprint density at radius 1 is 1.62 bits per heavy atom. The van der Waals surface area contributed by atoms with Crippen LogP contribution in [-0.4, -0.2) is 31.1 Å². The molecular formula is C7H6N4O2. The Bertz CT molecular complexity index is 450. The van der Waals surface area contributed by atoms with E-state index in [0.717, 1.165) is 0 Å². The van der Waals surface area contributed by atoms with Crippen molar-refractivity contribution in [2.75, 3.05) is 0 Å². The first kappa shape index (κ1) is 7.66. The van der Waals surface area contributed by atoms with Crippen LogP contribution in [0.5, 0.6) is 0 Å². The summed E-state index contributed by atoms with van der Waals surface area (Å²) >= 11 is 0. The Kier molecular flexibility index (Phi) is 1.66. The molecule has 0 bridgehead atoms. The quantitative estimate of drug-likeness (QED) is 0.695. The number of nitrogens with zero attached hydrogens (tertiary/aromatic N) is 4. The molecule has 1 N–H and O–H groups in total. The number of pyridine rings is 1. The van der Waals surface area contributed by atoms with E-state index in [2.05, 4.69) is 15.3 Å². The van der Waals surface area contributed by atoms with Crippen molar-refractivity contribution >= 4 is 17.1 Å². The minimum Gasteiger partial charge on any atom is -0.480 e. The zero-order chi connectivity index (χ0) is 9.26. The highest BCUT2D eigenvalue weighted by atomic mass is 16.4. The van der Waals surface area contributed by atoms with Crippen LogP contribution in [0.4, 0.5) is 0 Å². The van der Waals surface area contributed by atoms with Crippen molar-refractivity contribution in [1.29, 1.82) is 0 Å². The van der Waals surface area contributed by atoms with E-state index in [-0.39, 0.29) is 6.54 Å². The lowest BCUT2D eigenvalue weighted by Crippen LogP contribution is -2.09. The van der Waals surface area contributed by atoms with Gasteiger partial charge in [0.15, 0.2) is 0 Å². The van der Waals surface area contributed by atoms with Gasteiger partial charge in [0.05, 0.1) is 0 Å². The molecule has 0 aliphatic rings. The number of aliphatic carboxylic acids is 1. The number of carboxylic acid groups (broad SMARTS) is 1. The predicted octanol–water partition coefficient (Wildman–Crippen LogP) is -0.0891. The fourth-order valence-corrected chi connectivity index (χ4v) is 1.06. The molecule has 2 rings (SSSR count). The topological polar surface area (TPSA) is 80.9 Å². The van der Waals surface area contributed by atoms with E-state index in [0.29, 0.717) is 11.2 Å². The van der Waals surface area contributed by atoms with Crippen LogP contribution in [0.25, 0.3) is 11.2 Å². The summed E-state index contributed by atoms with van der Waals surface area (Å²) in [4.78, 5) is 14.3. The van der Waals surface area contributed by atoms with Crippen LogP contribution in [0, 0.1) is 0 Å². The number of carboxylic acids is 1. The summed E-state index contributed by atoms with van der Waals surface area (Å²) in [6, 6.07) is 3.44. The van der Waals surface area contributed by atoms with Crippen LogP contribution in [0.2, 0.25) is 0 Å². The van der Waals surface area contributed by atoms with E-state index < -0.39 is 5.97 Å². The smallest absolute Gasteiger partial charge is 0.325 e. The molecule has 13 heavy (non-hydrogen) atoms. The second-order valence-electron chi connectivity index (χ2n) is 2.49. The largest absolute Gasteiger partial charge is 0.480 e. The normalized spacial score (nSPS) is 10.5. The van der Waals surface area contributed by atoms with Gasteiger partial charge in [-0.25, -0.2) is 9.67 Å². The lowest BCUT2D eigenvalue weighted by atomic mass is 10.4. The predicted molar refractivity (Wildman–Crippen MR) is 43.0 cm³/mol. The molecule has 0 unspecified atom stereocenters. The Balaban J connectivity index is 2.51. The third kappa shape index (κ3) is 1.33. The standard InChI is InChI=1S/C7H6N4O2/c12-6(13)4-11-5-2-1-3-8-7(5)9-10-11/h1-3H,4H2,(H,12,13). The summed E-state index contributed by atoms with van der Waals surface area (Å²) in [5, 5.41) is 15.9. The number of carbonyl (C=O) groups is 1. The summed E-state index contributed by atoms with van der Waals surface area (Å²) in [7, 11) is 0. The first-order valence-electron chi connectivity index (χ1n) is 3.63. The number of aromatic nitrogens is 4. The molecule has 0 fully saturated rings. The summed E-state index contributed by atoms with van der Waals surface area (Å²) in [5.41, 5.74) is 1.09. The molecule has 6 heteroatoms. The van der Waals surface area contributed by atoms with Crippen molar-refractivity contribution in [2.24, 2.45) is 0 Å². The van der Waals surface area contributed by atoms with E-state index in [1.54, 1.807) is 18.3 Å². The van der Waals surface area contributed by atoms with Gasteiger partial charge in [0.1, 0.15) is 12.1 Å². The molecule has 6 nitrogen and oxygen atoms in total. The maximum atomic E-state index is 10.4. The molecule has 0 radical (unpaired) electrons. The Hall–Kier alpha value is -1.98. The highest BCUT2D eigenvalue weighted by Gasteiger charge is 2.06. The molecule has 0 saturated carbocycles. The molecule has 0 aliphatic heterocycles. The molecule has 0 amide bonds. The van der Waals surface area contributed by atoms with Gasteiger partial charge in [0.25, 0.3) is 0 Å². The molecular weight excluding hydrogens is 172 g/mol. The average molecular weight is 178 g/mol. The van der Waals surface area contributed by atoms with Gasteiger partial charge in [-0.2, -0.15) is 0 Å². The number of rotatable bonds is 2. The summed E-state index contributed by atoms with van der Waals surface area (Å²) < 4.78 is 1.30. The molecule has 0 atom stereocenters. The fourth-order valence-electron chi connectivity index (χ4n) is 1.06. The monoisotopic (exact) mass is 178 g/mol. The maximum Gasteiger partial charge on any atom is 0.325 e. The summed E-state index contributed by atoms with van der Waals surface area (Å²) in [5.74, 6) is -0.948. The van der Waals surface area contributed by atoms with Crippen molar-refractivity contribution in [3.8, 4) is 0 Å². The van der Waals surface area contributed by atoms with Gasteiger partial charge >= 0.3 is 5.97 Å². The average Bonchev–Trinajstić information content (AvgIpc) is 2.48. The van der Waals surface area contributed by atoms with Crippen molar-refractivity contribution < 1.29 is 9.90 Å². The molecule has 2 aromatic rings. The van der Waals surface area contributed by atoms with Gasteiger partial charge < -0.3 is 5.11 Å². The van der Waals surface area contributed by atoms with Crippen LogP contribution in [0.3, 0.4) is 0 Å². The van der Waals surface area contributed by atoms with Crippen molar-refractivity contribution in [2.45, 2.75) is 6.54 Å². The lowest BCUT2D eigenvalue weighted by molar-refractivity contribution is -0.137. The zero-order valence-electron chi connectivity index (χ0n) is 6.58. The maximum absolute atomic E-state index is 10.4. The van der Waals surface area contributed by atoms with Crippen LogP contribution in [0.15, 0.2) is 18.3 Å². The van der Waals surface area contributed by atoms with Crippen molar-refractivity contribution in [1.82, 2.24) is 20.0 Å². The number of hydrogen-bond acceptors (Lipinski definition) is 4. The molecule has 0 saturated heterocycles. The van der Waals surface area contributed by atoms with Gasteiger partial charge in [0, 0.05) is 6.20 Å². The minimum absolute atomic E-state index is 0.192. The second-order valence-corrected chi connectivity index (χ2v) is 2.49. The highest BCUT2D eigenvalue weighted by molar-refractivity contribution is 5.73. The van der Waals surface area contributed by atoms with E-state index in [1.807, 2.05) is 0 Å². The molecule has 0 spiro atoms. The van der Waals surface area contributed by atoms with Crippen LogP contribution < -0.4 is 0 Å². The van der Waals surface area contributed by atoms with Gasteiger partial charge in [-0.3, -0.25) is 4.79 Å². The summed E-state index contributed by atoms with van der Waals surface area (Å²) in [6.45, 7) is -0.192. The fraction of sp³-hybridized carbons (Fsp3) is 0.143. The van der Waals surface area contributed by atoms with Crippen LogP contribution in [-0.2, 0) is 11.3 Å². The number of hydrogen-bond donors (Lipinski definition) is 1. The Morgan fingerprint density at radius 2 is 2.46 bits per heavy atom. The third-order valence-electron chi connectivity index (χ3n) is 1.58. The molecule has 0 aliphatic carbocycles. The lowest BCUT2D eigenvalue weighted by Gasteiger charge is -1.94. The molecule has 66 valence electrons.